The highest BCUT2D eigenvalue weighted by Crippen LogP contribution is 2.20. The van der Waals surface area contributed by atoms with E-state index in [1.54, 1.807) is 31.2 Å². The number of carbonyl (C=O) groups is 2. The van der Waals surface area contributed by atoms with E-state index in [1.807, 2.05) is 24.3 Å². The van der Waals surface area contributed by atoms with E-state index >= 15 is 0 Å². The van der Waals surface area contributed by atoms with Crippen molar-refractivity contribution in [1.29, 1.82) is 0 Å². The molecule has 1 heterocycles. The third-order valence-corrected chi connectivity index (χ3v) is 4.35. The van der Waals surface area contributed by atoms with Gasteiger partial charge in [0.05, 0.1) is 5.69 Å². The van der Waals surface area contributed by atoms with E-state index < -0.39 is 6.04 Å². The smallest absolute Gasteiger partial charge is 0.250 e. The number of nitrogens with zero attached hydrogens (tertiary/aromatic N) is 4. The summed E-state index contributed by atoms with van der Waals surface area (Å²) in [4.78, 5) is 25.5. The summed E-state index contributed by atoms with van der Waals surface area (Å²) >= 11 is 3.37. The number of rotatable bonds is 5. The molecule has 0 spiro atoms. The lowest BCUT2D eigenvalue weighted by Gasteiger charge is -2.12. The van der Waals surface area contributed by atoms with E-state index in [1.165, 1.54) is 11.7 Å². The summed E-state index contributed by atoms with van der Waals surface area (Å²) in [7, 11) is 0. The van der Waals surface area contributed by atoms with Gasteiger partial charge in [-0.2, -0.15) is 4.80 Å². The molecule has 0 fully saturated rings. The van der Waals surface area contributed by atoms with Crippen molar-refractivity contribution in [2.75, 3.05) is 5.32 Å². The molecule has 1 unspecified atom stereocenters. The summed E-state index contributed by atoms with van der Waals surface area (Å²) in [6, 6.07) is 13.7. The van der Waals surface area contributed by atoms with Crippen LogP contribution in [-0.2, 0) is 4.79 Å². The molecule has 0 saturated heterocycles. The van der Waals surface area contributed by atoms with Gasteiger partial charge >= 0.3 is 0 Å². The minimum atomic E-state index is -0.688. The number of carbonyl (C=O) groups excluding carboxylic acids is 2. The zero-order valence-electron chi connectivity index (χ0n) is 14.2. The van der Waals surface area contributed by atoms with E-state index in [-0.39, 0.29) is 11.7 Å². The highest BCUT2D eigenvalue weighted by Gasteiger charge is 2.20. The molecule has 0 radical (unpaired) electrons. The van der Waals surface area contributed by atoms with E-state index in [4.69, 9.17) is 0 Å². The SMILES string of the molecule is CC(=O)c1ccccc1NC(=O)C(C)n1nnc(-c2ccc(Br)cc2)n1. The number of hydrogen-bond acceptors (Lipinski definition) is 5. The second-order valence-electron chi connectivity index (χ2n) is 5.71. The molecular formula is C18H16BrN5O2. The van der Waals surface area contributed by atoms with Crippen LogP contribution in [0.5, 0.6) is 0 Å². The third-order valence-electron chi connectivity index (χ3n) is 3.82. The molecule has 0 aliphatic heterocycles. The maximum atomic E-state index is 12.5. The molecule has 7 nitrogen and oxygen atoms in total. The molecule has 0 saturated carbocycles. The molecule has 1 amide bonds. The number of para-hydroxylation sites is 1. The quantitative estimate of drug-likeness (QED) is 0.646. The number of nitrogens with one attached hydrogen (secondary N) is 1. The van der Waals surface area contributed by atoms with Gasteiger partial charge in [-0.1, -0.05) is 28.1 Å². The molecule has 8 heteroatoms. The summed E-state index contributed by atoms with van der Waals surface area (Å²) < 4.78 is 0.950. The lowest BCUT2D eigenvalue weighted by atomic mass is 10.1. The Hall–Kier alpha value is -2.87. The fourth-order valence-corrected chi connectivity index (χ4v) is 2.61. The average Bonchev–Trinajstić information content (AvgIpc) is 3.12. The number of tetrazole rings is 1. The molecule has 0 aliphatic rings. The van der Waals surface area contributed by atoms with E-state index in [0.717, 1.165) is 10.0 Å². The fourth-order valence-electron chi connectivity index (χ4n) is 2.34. The maximum absolute atomic E-state index is 12.5. The van der Waals surface area contributed by atoms with Crippen molar-refractivity contribution in [1.82, 2.24) is 20.2 Å². The summed E-state index contributed by atoms with van der Waals surface area (Å²) in [5, 5.41) is 15.0. The van der Waals surface area contributed by atoms with Crippen molar-refractivity contribution in [3.05, 3.63) is 58.6 Å². The van der Waals surface area contributed by atoms with Crippen molar-refractivity contribution in [2.24, 2.45) is 0 Å². The molecule has 3 aromatic rings. The van der Waals surface area contributed by atoms with Crippen LogP contribution in [0.4, 0.5) is 5.69 Å². The number of ketones is 1. The van der Waals surface area contributed by atoms with Crippen molar-refractivity contribution in [2.45, 2.75) is 19.9 Å². The van der Waals surface area contributed by atoms with Gasteiger partial charge in [-0.25, -0.2) is 0 Å². The first kappa shape index (κ1) is 17.9. The van der Waals surface area contributed by atoms with Crippen LogP contribution in [0.3, 0.4) is 0 Å². The minimum absolute atomic E-state index is 0.120. The van der Waals surface area contributed by atoms with Crippen LogP contribution in [-0.4, -0.2) is 31.9 Å². The molecular weight excluding hydrogens is 398 g/mol. The van der Waals surface area contributed by atoms with E-state index in [0.29, 0.717) is 17.1 Å². The van der Waals surface area contributed by atoms with Crippen molar-refractivity contribution < 1.29 is 9.59 Å². The average molecular weight is 414 g/mol. The first-order valence-electron chi connectivity index (χ1n) is 7.92. The highest BCUT2D eigenvalue weighted by atomic mass is 79.9. The van der Waals surface area contributed by atoms with Gasteiger partial charge in [0.1, 0.15) is 6.04 Å². The van der Waals surface area contributed by atoms with Gasteiger partial charge in [0.2, 0.25) is 5.82 Å². The zero-order chi connectivity index (χ0) is 18.7. The van der Waals surface area contributed by atoms with Gasteiger partial charge in [-0.05, 0) is 55.5 Å². The van der Waals surface area contributed by atoms with Crippen LogP contribution < -0.4 is 5.32 Å². The molecule has 1 N–H and O–H groups in total. The second-order valence-corrected chi connectivity index (χ2v) is 6.62. The molecule has 1 aromatic heterocycles. The number of Topliss-reactive ketones (excluding diaryl/α,β-unsaturated/α-hetero) is 1. The Bertz CT molecular complexity index is 952. The van der Waals surface area contributed by atoms with E-state index in [2.05, 4.69) is 36.7 Å². The maximum Gasteiger partial charge on any atom is 0.250 e. The van der Waals surface area contributed by atoms with Gasteiger partial charge in [0.15, 0.2) is 5.78 Å². The lowest BCUT2D eigenvalue weighted by molar-refractivity contribution is -0.119. The molecule has 2 aromatic carbocycles. The van der Waals surface area contributed by atoms with Crippen LogP contribution in [0.1, 0.15) is 30.2 Å². The van der Waals surface area contributed by atoms with Crippen molar-refractivity contribution in [3.8, 4) is 11.4 Å². The minimum Gasteiger partial charge on any atom is -0.323 e. The molecule has 132 valence electrons. The number of amides is 1. The molecule has 0 aliphatic carbocycles. The van der Waals surface area contributed by atoms with Gasteiger partial charge in [0, 0.05) is 15.6 Å². The summed E-state index contributed by atoms with van der Waals surface area (Å²) in [5.74, 6) is -0.0234. The normalized spacial score (nSPS) is 11.8. The van der Waals surface area contributed by atoms with Crippen LogP contribution in [0.2, 0.25) is 0 Å². The Morgan fingerprint density at radius 3 is 2.50 bits per heavy atom. The third kappa shape index (κ3) is 3.85. The van der Waals surface area contributed by atoms with Gasteiger partial charge in [0.25, 0.3) is 5.91 Å². The second kappa shape index (κ2) is 7.57. The Labute approximate surface area is 158 Å². The standard InChI is InChI=1S/C18H16BrN5O2/c1-11(18(26)20-16-6-4-3-5-15(16)12(2)25)24-22-17(21-23-24)13-7-9-14(19)10-8-13/h3-11H,1-2H3,(H,20,26). The Kier molecular flexibility index (Phi) is 5.22. The van der Waals surface area contributed by atoms with Crippen LogP contribution >= 0.6 is 15.9 Å². The molecule has 1 atom stereocenters. The molecule has 0 bridgehead atoms. The number of halogens is 1. The van der Waals surface area contributed by atoms with Crippen molar-refractivity contribution in [3.63, 3.8) is 0 Å². The first-order chi connectivity index (χ1) is 12.5. The van der Waals surface area contributed by atoms with Crippen LogP contribution in [0.25, 0.3) is 11.4 Å². The van der Waals surface area contributed by atoms with Gasteiger partial charge in [-0.15, -0.1) is 10.2 Å². The van der Waals surface area contributed by atoms with Gasteiger partial charge < -0.3 is 5.32 Å². The Morgan fingerprint density at radius 2 is 1.81 bits per heavy atom. The largest absolute Gasteiger partial charge is 0.323 e. The Balaban J connectivity index is 1.77. The van der Waals surface area contributed by atoms with E-state index in [9.17, 15) is 9.59 Å². The summed E-state index contributed by atoms with van der Waals surface area (Å²) in [6.45, 7) is 3.12. The zero-order valence-corrected chi connectivity index (χ0v) is 15.8. The van der Waals surface area contributed by atoms with Crippen LogP contribution in [0.15, 0.2) is 53.0 Å². The Morgan fingerprint density at radius 1 is 1.12 bits per heavy atom. The number of benzene rings is 2. The summed E-state index contributed by atoms with van der Waals surface area (Å²) in [6.07, 6.45) is 0. The lowest BCUT2D eigenvalue weighted by Crippen LogP contribution is -2.26. The summed E-state index contributed by atoms with van der Waals surface area (Å²) in [5.41, 5.74) is 1.72. The predicted molar refractivity (Wildman–Crippen MR) is 101 cm³/mol. The van der Waals surface area contributed by atoms with Gasteiger partial charge in [-0.3, -0.25) is 9.59 Å². The topological polar surface area (TPSA) is 89.8 Å². The van der Waals surface area contributed by atoms with Crippen molar-refractivity contribution >= 4 is 33.3 Å². The fraction of sp³-hybridized carbons (Fsp3) is 0.167. The number of anilines is 1. The number of hydrogen-bond donors (Lipinski definition) is 1. The van der Waals surface area contributed by atoms with Crippen LogP contribution in [0, 0.1) is 0 Å². The molecule has 3 rings (SSSR count). The first-order valence-corrected chi connectivity index (χ1v) is 8.71. The molecule has 26 heavy (non-hydrogen) atoms. The predicted octanol–water partition coefficient (Wildman–Crippen LogP) is 3.50. The number of aromatic nitrogens is 4. The highest BCUT2D eigenvalue weighted by molar-refractivity contribution is 9.10. The monoisotopic (exact) mass is 413 g/mol.